The second-order valence-corrected chi connectivity index (χ2v) is 8.40. The van der Waals surface area contributed by atoms with Crippen molar-refractivity contribution in [1.29, 1.82) is 0 Å². The van der Waals surface area contributed by atoms with Gasteiger partial charge in [0.25, 0.3) is 0 Å². The van der Waals surface area contributed by atoms with Crippen molar-refractivity contribution < 1.29 is 9.13 Å². The molecule has 1 unspecified atom stereocenters. The summed E-state index contributed by atoms with van der Waals surface area (Å²) in [6.45, 7) is 10.1. The highest BCUT2D eigenvalue weighted by Gasteiger charge is 2.22. The van der Waals surface area contributed by atoms with Gasteiger partial charge in [0.1, 0.15) is 5.82 Å². The quantitative estimate of drug-likeness (QED) is 0.486. The van der Waals surface area contributed by atoms with Crippen molar-refractivity contribution in [2.24, 2.45) is 10.9 Å². The Kier molecular flexibility index (Phi) is 9.84. The molecular formula is C22H38FN5O. The van der Waals surface area contributed by atoms with Crippen LogP contribution >= 0.6 is 0 Å². The SMILES string of the molecule is CN=C(NCc1ccc(F)c(CN(C)C)c1)NCC(CC(C)C)N1CCOCC1. The van der Waals surface area contributed by atoms with Crippen LogP contribution in [0.3, 0.4) is 0 Å². The maximum atomic E-state index is 14.0. The van der Waals surface area contributed by atoms with Gasteiger partial charge >= 0.3 is 0 Å². The smallest absolute Gasteiger partial charge is 0.191 e. The number of hydrogen-bond donors (Lipinski definition) is 2. The zero-order valence-corrected chi connectivity index (χ0v) is 18.7. The fraction of sp³-hybridized carbons (Fsp3) is 0.682. The highest BCUT2D eigenvalue weighted by molar-refractivity contribution is 5.79. The highest BCUT2D eigenvalue weighted by atomic mass is 19.1. The van der Waals surface area contributed by atoms with Gasteiger partial charge in [-0.3, -0.25) is 9.89 Å². The molecule has 1 atom stereocenters. The maximum absolute atomic E-state index is 14.0. The van der Waals surface area contributed by atoms with Crippen molar-refractivity contribution in [3.05, 3.63) is 35.1 Å². The Bertz CT molecular complexity index is 644. The summed E-state index contributed by atoms with van der Waals surface area (Å²) in [7, 11) is 5.67. The Morgan fingerprint density at radius 2 is 1.97 bits per heavy atom. The van der Waals surface area contributed by atoms with E-state index in [-0.39, 0.29) is 5.82 Å². The van der Waals surface area contributed by atoms with E-state index >= 15 is 0 Å². The molecule has 6 nitrogen and oxygen atoms in total. The molecule has 0 saturated carbocycles. The molecule has 0 aromatic heterocycles. The molecule has 0 aliphatic carbocycles. The van der Waals surface area contributed by atoms with Gasteiger partial charge in [-0.2, -0.15) is 0 Å². The number of hydrogen-bond acceptors (Lipinski definition) is 4. The van der Waals surface area contributed by atoms with Crippen LogP contribution in [0.2, 0.25) is 0 Å². The summed E-state index contributed by atoms with van der Waals surface area (Å²) in [4.78, 5) is 8.84. The fourth-order valence-electron chi connectivity index (χ4n) is 3.67. The molecule has 1 aromatic rings. The second kappa shape index (κ2) is 12.1. The van der Waals surface area contributed by atoms with Crippen LogP contribution in [-0.4, -0.2) is 75.8 Å². The molecule has 164 valence electrons. The van der Waals surface area contributed by atoms with Crippen LogP contribution in [0.5, 0.6) is 0 Å². The first-order chi connectivity index (χ1) is 13.9. The van der Waals surface area contributed by atoms with E-state index in [1.807, 2.05) is 31.1 Å². The fourth-order valence-corrected chi connectivity index (χ4v) is 3.67. The minimum atomic E-state index is -0.160. The largest absolute Gasteiger partial charge is 0.379 e. The van der Waals surface area contributed by atoms with Gasteiger partial charge in [0.15, 0.2) is 5.96 Å². The summed E-state index contributed by atoms with van der Waals surface area (Å²) in [6.07, 6.45) is 1.13. The molecule has 2 N–H and O–H groups in total. The lowest BCUT2D eigenvalue weighted by Gasteiger charge is -2.35. The zero-order valence-electron chi connectivity index (χ0n) is 18.7. The minimum absolute atomic E-state index is 0.160. The number of ether oxygens (including phenoxy) is 1. The molecule has 1 aliphatic heterocycles. The van der Waals surface area contributed by atoms with Crippen LogP contribution < -0.4 is 10.6 Å². The first-order valence-corrected chi connectivity index (χ1v) is 10.6. The van der Waals surface area contributed by atoms with Gasteiger partial charge in [-0.25, -0.2) is 4.39 Å². The molecular weight excluding hydrogens is 369 g/mol. The third kappa shape index (κ3) is 8.28. The molecule has 0 bridgehead atoms. The number of nitrogens with one attached hydrogen (secondary N) is 2. The molecule has 1 saturated heterocycles. The summed E-state index contributed by atoms with van der Waals surface area (Å²) < 4.78 is 19.5. The second-order valence-electron chi connectivity index (χ2n) is 8.40. The van der Waals surface area contributed by atoms with E-state index in [9.17, 15) is 4.39 Å². The van der Waals surface area contributed by atoms with Crippen molar-refractivity contribution in [3.63, 3.8) is 0 Å². The topological polar surface area (TPSA) is 52.1 Å². The van der Waals surface area contributed by atoms with Gasteiger partial charge in [0, 0.05) is 51.4 Å². The Morgan fingerprint density at radius 1 is 1.24 bits per heavy atom. The van der Waals surface area contributed by atoms with Crippen molar-refractivity contribution in [3.8, 4) is 0 Å². The molecule has 0 radical (unpaired) electrons. The number of benzene rings is 1. The summed E-state index contributed by atoms with van der Waals surface area (Å²) in [5, 5.41) is 6.83. The number of nitrogens with zero attached hydrogens (tertiary/aromatic N) is 3. The molecule has 1 aliphatic rings. The Hall–Kier alpha value is -1.70. The molecule has 1 heterocycles. The van der Waals surface area contributed by atoms with Crippen molar-refractivity contribution in [2.75, 3.05) is 54.0 Å². The first kappa shape index (κ1) is 23.6. The van der Waals surface area contributed by atoms with Crippen LogP contribution in [0.4, 0.5) is 4.39 Å². The van der Waals surface area contributed by atoms with Crippen molar-refractivity contribution in [1.82, 2.24) is 20.4 Å². The Labute approximate surface area is 175 Å². The van der Waals surface area contributed by atoms with Gasteiger partial charge in [0.05, 0.1) is 13.2 Å². The number of rotatable bonds is 9. The number of guanidine groups is 1. The molecule has 7 heteroatoms. The normalized spacial score (nSPS) is 17.0. The van der Waals surface area contributed by atoms with Crippen molar-refractivity contribution in [2.45, 2.75) is 39.4 Å². The maximum Gasteiger partial charge on any atom is 0.191 e. The van der Waals surface area contributed by atoms with E-state index in [4.69, 9.17) is 4.74 Å². The summed E-state index contributed by atoms with van der Waals surface area (Å²) in [5.41, 5.74) is 1.75. The van der Waals surface area contributed by atoms with Gasteiger partial charge in [0.2, 0.25) is 0 Å². The van der Waals surface area contributed by atoms with Crippen LogP contribution in [-0.2, 0) is 17.8 Å². The van der Waals surface area contributed by atoms with E-state index in [0.29, 0.717) is 30.6 Å². The van der Waals surface area contributed by atoms with E-state index in [2.05, 4.69) is 34.4 Å². The van der Waals surface area contributed by atoms with Crippen LogP contribution in [0.1, 0.15) is 31.4 Å². The molecule has 1 aromatic carbocycles. The standard InChI is InChI=1S/C22H38FN5O/c1-17(2)12-20(28-8-10-29-11-9-28)15-26-22(24-3)25-14-18-6-7-21(23)19(13-18)16-27(4)5/h6-7,13,17,20H,8-12,14-16H2,1-5H3,(H2,24,25,26). The predicted molar refractivity (Wildman–Crippen MR) is 118 cm³/mol. The summed E-state index contributed by atoms with van der Waals surface area (Å²) in [6, 6.07) is 5.74. The van der Waals surface area contributed by atoms with Gasteiger partial charge in [-0.15, -0.1) is 0 Å². The third-order valence-corrected chi connectivity index (χ3v) is 5.09. The monoisotopic (exact) mass is 407 g/mol. The average Bonchev–Trinajstić information content (AvgIpc) is 2.69. The molecule has 0 amide bonds. The van der Waals surface area contributed by atoms with Gasteiger partial charge < -0.3 is 20.3 Å². The van der Waals surface area contributed by atoms with E-state index in [1.54, 1.807) is 13.1 Å². The number of aliphatic imine (C=N–C) groups is 1. The van der Waals surface area contributed by atoms with Gasteiger partial charge in [-0.1, -0.05) is 19.9 Å². The van der Waals surface area contributed by atoms with Crippen molar-refractivity contribution >= 4 is 5.96 Å². The third-order valence-electron chi connectivity index (χ3n) is 5.09. The molecule has 0 spiro atoms. The van der Waals surface area contributed by atoms with Crippen LogP contribution in [0.15, 0.2) is 23.2 Å². The first-order valence-electron chi connectivity index (χ1n) is 10.6. The van der Waals surface area contributed by atoms with Crippen LogP contribution in [0, 0.1) is 11.7 Å². The summed E-state index contributed by atoms with van der Waals surface area (Å²) >= 11 is 0. The van der Waals surface area contributed by atoms with Crippen LogP contribution in [0.25, 0.3) is 0 Å². The minimum Gasteiger partial charge on any atom is -0.379 e. The average molecular weight is 408 g/mol. The van der Waals surface area contributed by atoms with E-state index in [1.165, 1.54) is 0 Å². The molecule has 1 fully saturated rings. The lowest BCUT2D eigenvalue weighted by atomic mass is 10.0. The Balaban J connectivity index is 1.90. The lowest BCUT2D eigenvalue weighted by Crippen LogP contribution is -2.50. The Morgan fingerprint density at radius 3 is 2.59 bits per heavy atom. The van der Waals surface area contributed by atoms with Gasteiger partial charge in [-0.05, 0) is 44.1 Å². The highest BCUT2D eigenvalue weighted by Crippen LogP contribution is 2.14. The van der Waals surface area contributed by atoms with E-state index in [0.717, 1.165) is 50.8 Å². The molecule has 29 heavy (non-hydrogen) atoms. The summed E-state index contributed by atoms with van der Waals surface area (Å²) in [5.74, 6) is 1.24. The molecule has 2 rings (SSSR count). The number of morpholine rings is 1. The lowest BCUT2D eigenvalue weighted by molar-refractivity contribution is 0.0132. The van der Waals surface area contributed by atoms with E-state index < -0.39 is 0 Å². The predicted octanol–water partition coefficient (Wildman–Crippen LogP) is 2.30. The zero-order chi connectivity index (χ0) is 21.2. The number of halogens is 1.